The van der Waals surface area contributed by atoms with Gasteiger partial charge in [-0.3, -0.25) is 0 Å². The fourth-order valence-electron chi connectivity index (χ4n) is 1.12. The molecule has 0 saturated carbocycles. The lowest BCUT2D eigenvalue weighted by molar-refractivity contribution is 0.250. The lowest BCUT2D eigenvalue weighted by atomic mass is 10.2. The van der Waals surface area contributed by atoms with Crippen LogP contribution in [0.4, 0.5) is 0 Å². The number of aliphatic hydroxyl groups excluding tert-OH is 2. The van der Waals surface area contributed by atoms with Crippen LogP contribution < -0.4 is 0 Å². The molecule has 0 aliphatic carbocycles. The Morgan fingerprint density at radius 1 is 1.40 bits per heavy atom. The Hall–Kier alpha value is -0.220. The molecule has 1 aromatic rings. The number of halogens is 1. The molecule has 0 heterocycles. The highest BCUT2D eigenvalue weighted by atomic mass is 35.5. The first-order chi connectivity index (χ1) is 7.19. The molecule has 84 valence electrons. The third-order valence-electron chi connectivity index (χ3n) is 2.04. The summed E-state index contributed by atoms with van der Waals surface area (Å²) in [7, 11) is 0. The number of thioether (sulfide) groups is 1. The second-order valence-electron chi connectivity index (χ2n) is 3.48. The second-order valence-corrected chi connectivity index (χ2v) is 4.92. The molecule has 2 N–H and O–H groups in total. The summed E-state index contributed by atoms with van der Waals surface area (Å²) in [6.07, 6.45) is 0. The van der Waals surface area contributed by atoms with Gasteiger partial charge in [0.15, 0.2) is 0 Å². The van der Waals surface area contributed by atoms with E-state index in [2.05, 4.69) is 0 Å². The van der Waals surface area contributed by atoms with Crippen molar-refractivity contribution >= 4 is 23.4 Å². The van der Waals surface area contributed by atoms with Gasteiger partial charge in [0.1, 0.15) is 0 Å². The van der Waals surface area contributed by atoms with Gasteiger partial charge < -0.3 is 10.2 Å². The van der Waals surface area contributed by atoms with E-state index >= 15 is 0 Å². The van der Waals surface area contributed by atoms with E-state index in [9.17, 15) is 0 Å². The molecule has 1 unspecified atom stereocenters. The van der Waals surface area contributed by atoms with Gasteiger partial charge in [-0.05, 0) is 17.5 Å². The monoisotopic (exact) mass is 246 g/mol. The van der Waals surface area contributed by atoms with Crippen LogP contribution in [0.5, 0.6) is 0 Å². The molecule has 0 fully saturated rings. The van der Waals surface area contributed by atoms with Gasteiger partial charge in [0.05, 0.1) is 11.6 Å². The zero-order chi connectivity index (χ0) is 11.3. The minimum absolute atomic E-state index is 0.00357. The van der Waals surface area contributed by atoms with E-state index in [0.29, 0.717) is 5.02 Å². The SMILES string of the molecule is CC(CO)CSc1c(Cl)cccc1CO. The van der Waals surface area contributed by atoms with Gasteiger partial charge in [0.25, 0.3) is 0 Å². The average Bonchev–Trinajstić information content (AvgIpc) is 2.26. The predicted molar refractivity (Wildman–Crippen MR) is 64.3 cm³/mol. The Morgan fingerprint density at radius 3 is 2.73 bits per heavy atom. The molecule has 0 saturated heterocycles. The number of hydrogen-bond acceptors (Lipinski definition) is 3. The first-order valence-electron chi connectivity index (χ1n) is 4.81. The van der Waals surface area contributed by atoms with Gasteiger partial charge in [-0.15, -0.1) is 11.8 Å². The predicted octanol–water partition coefficient (Wildman–Crippen LogP) is 2.55. The largest absolute Gasteiger partial charge is 0.396 e. The van der Waals surface area contributed by atoms with Gasteiger partial charge in [-0.25, -0.2) is 0 Å². The molecule has 1 aromatic carbocycles. The Labute approximate surface area is 99.3 Å². The van der Waals surface area contributed by atoms with Crippen molar-refractivity contribution in [3.63, 3.8) is 0 Å². The maximum atomic E-state index is 9.14. The van der Waals surface area contributed by atoms with Crippen molar-refractivity contribution < 1.29 is 10.2 Å². The van der Waals surface area contributed by atoms with Crippen molar-refractivity contribution in [1.82, 2.24) is 0 Å². The third kappa shape index (κ3) is 3.68. The molecule has 15 heavy (non-hydrogen) atoms. The molecular formula is C11H15ClO2S. The summed E-state index contributed by atoms with van der Waals surface area (Å²) in [6.45, 7) is 2.14. The Balaban J connectivity index is 2.74. The van der Waals surface area contributed by atoms with Crippen LogP contribution in [0.2, 0.25) is 5.02 Å². The third-order valence-corrected chi connectivity index (χ3v) is 3.98. The Morgan fingerprint density at radius 2 is 2.13 bits per heavy atom. The fraction of sp³-hybridized carbons (Fsp3) is 0.455. The molecule has 0 aromatic heterocycles. The van der Waals surface area contributed by atoms with Crippen molar-refractivity contribution in [3.05, 3.63) is 28.8 Å². The van der Waals surface area contributed by atoms with Crippen molar-refractivity contribution in [2.45, 2.75) is 18.4 Å². The lowest BCUT2D eigenvalue weighted by Crippen LogP contribution is -2.03. The van der Waals surface area contributed by atoms with E-state index in [1.807, 2.05) is 25.1 Å². The number of hydrogen-bond donors (Lipinski definition) is 2. The van der Waals surface area contributed by atoms with Gasteiger partial charge in [0.2, 0.25) is 0 Å². The minimum atomic E-state index is -0.00357. The summed E-state index contributed by atoms with van der Waals surface area (Å²) in [4.78, 5) is 0.918. The molecule has 0 bridgehead atoms. The normalized spacial score (nSPS) is 12.8. The molecule has 0 radical (unpaired) electrons. The number of aliphatic hydroxyl groups is 2. The summed E-state index contributed by atoms with van der Waals surface area (Å²) < 4.78 is 0. The van der Waals surface area contributed by atoms with Gasteiger partial charge in [0, 0.05) is 17.3 Å². The van der Waals surface area contributed by atoms with Crippen molar-refractivity contribution in [1.29, 1.82) is 0 Å². The summed E-state index contributed by atoms with van der Waals surface area (Å²) in [5.74, 6) is 1.03. The average molecular weight is 247 g/mol. The summed E-state index contributed by atoms with van der Waals surface area (Å²) in [5, 5.41) is 18.7. The van der Waals surface area contributed by atoms with Crippen LogP contribution in [0.15, 0.2) is 23.1 Å². The first kappa shape index (κ1) is 12.8. The van der Waals surface area contributed by atoms with Crippen molar-refractivity contribution in [3.8, 4) is 0 Å². The van der Waals surface area contributed by atoms with Gasteiger partial charge >= 0.3 is 0 Å². The zero-order valence-electron chi connectivity index (χ0n) is 8.61. The van der Waals surface area contributed by atoms with E-state index in [-0.39, 0.29) is 19.1 Å². The summed E-state index contributed by atoms with van der Waals surface area (Å²) in [5.41, 5.74) is 0.845. The topological polar surface area (TPSA) is 40.5 Å². The molecule has 2 nitrogen and oxygen atoms in total. The second kappa shape index (κ2) is 6.38. The molecule has 0 amide bonds. The zero-order valence-corrected chi connectivity index (χ0v) is 10.2. The first-order valence-corrected chi connectivity index (χ1v) is 6.17. The van der Waals surface area contributed by atoms with E-state index in [1.165, 1.54) is 0 Å². The van der Waals surface area contributed by atoms with Crippen LogP contribution in [0.25, 0.3) is 0 Å². The Bertz CT molecular complexity index is 317. The van der Waals surface area contributed by atoms with Crippen LogP contribution in [-0.2, 0) is 6.61 Å². The molecule has 1 rings (SSSR count). The fourth-order valence-corrected chi connectivity index (χ4v) is 2.56. The van der Waals surface area contributed by atoms with Crippen LogP contribution in [0, 0.1) is 5.92 Å². The summed E-state index contributed by atoms with van der Waals surface area (Å²) in [6, 6.07) is 5.50. The highest BCUT2D eigenvalue weighted by Crippen LogP contribution is 2.31. The maximum absolute atomic E-state index is 9.14. The molecule has 0 spiro atoms. The van der Waals surface area contributed by atoms with E-state index in [0.717, 1.165) is 16.2 Å². The number of benzene rings is 1. The van der Waals surface area contributed by atoms with Crippen LogP contribution in [0.3, 0.4) is 0 Å². The quantitative estimate of drug-likeness (QED) is 0.785. The molecule has 4 heteroatoms. The minimum Gasteiger partial charge on any atom is -0.396 e. The standard InChI is InChI=1S/C11H15ClO2S/c1-8(5-13)7-15-11-9(6-14)3-2-4-10(11)12/h2-4,8,13-14H,5-7H2,1H3. The lowest BCUT2D eigenvalue weighted by Gasteiger charge is -2.11. The van der Waals surface area contributed by atoms with Crippen molar-refractivity contribution in [2.75, 3.05) is 12.4 Å². The van der Waals surface area contributed by atoms with E-state index in [4.69, 9.17) is 21.8 Å². The Kier molecular flexibility index (Phi) is 5.47. The van der Waals surface area contributed by atoms with Crippen LogP contribution in [-0.4, -0.2) is 22.6 Å². The van der Waals surface area contributed by atoms with Gasteiger partial charge in [-0.1, -0.05) is 30.7 Å². The molecule has 1 atom stereocenters. The van der Waals surface area contributed by atoms with Crippen LogP contribution >= 0.6 is 23.4 Å². The smallest absolute Gasteiger partial charge is 0.0693 e. The number of rotatable bonds is 5. The molecular weight excluding hydrogens is 232 g/mol. The summed E-state index contributed by atoms with van der Waals surface area (Å²) >= 11 is 7.62. The van der Waals surface area contributed by atoms with Crippen molar-refractivity contribution in [2.24, 2.45) is 5.92 Å². The highest BCUT2D eigenvalue weighted by molar-refractivity contribution is 7.99. The molecule has 0 aliphatic heterocycles. The van der Waals surface area contributed by atoms with E-state index in [1.54, 1.807) is 11.8 Å². The van der Waals surface area contributed by atoms with Gasteiger partial charge in [-0.2, -0.15) is 0 Å². The highest BCUT2D eigenvalue weighted by Gasteiger charge is 2.08. The molecule has 0 aliphatic rings. The van der Waals surface area contributed by atoms with E-state index < -0.39 is 0 Å². The maximum Gasteiger partial charge on any atom is 0.0693 e. The van der Waals surface area contributed by atoms with Crippen LogP contribution in [0.1, 0.15) is 12.5 Å².